The standard InChI is InChI=1S/C23H21N3O3/c1-25-21-8-14(3-4-15(21)9-22(25)27)20-11-24-10-17-6-5-16(7-19(17)20)23(28)26-12-18(13-26)29-2/h3-8,10-11,18H,9,12-13H2,1-2H3. The minimum absolute atomic E-state index is 0.0160. The average Bonchev–Trinajstić information content (AvgIpc) is 2.99. The van der Waals surface area contributed by atoms with Crippen molar-refractivity contribution in [2.24, 2.45) is 0 Å². The SMILES string of the molecule is COC1CN(C(=O)c2ccc3cncc(-c4ccc5c(c4)N(C)C(=O)C5)c3c2)C1. The number of hydrogen-bond acceptors (Lipinski definition) is 4. The van der Waals surface area contributed by atoms with Gasteiger partial charge in [0, 0.05) is 61.8 Å². The molecule has 3 aromatic rings. The van der Waals surface area contributed by atoms with Crippen molar-refractivity contribution < 1.29 is 14.3 Å². The van der Waals surface area contributed by atoms with Crippen molar-refractivity contribution in [1.82, 2.24) is 9.88 Å². The number of methoxy groups -OCH3 is 1. The number of pyridine rings is 1. The smallest absolute Gasteiger partial charge is 0.254 e. The molecule has 6 nitrogen and oxygen atoms in total. The van der Waals surface area contributed by atoms with Crippen molar-refractivity contribution in [3.8, 4) is 11.1 Å². The summed E-state index contributed by atoms with van der Waals surface area (Å²) in [6.45, 7) is 1.25. The molecule has 0 radical (unpaired) electrons. The zero-order chi connectivity index (χ0) is 20.1. The number of fused-ring (bicyclic) bond motifs is 2. The van der Waals surface area contributed by atoms with Gasteiger partial charge in [0.05, 0.1) is 12.5 Å². The van der Waals surface area contributed by atoms with Gasteiger partial charge in [-0.15, -0.1) is 0 Å². The molecular weight excluding hydrogens is 366 g/mol. The Morgan fingerprint density at radius 2 is 1.97 bits per heavy atom. The first-order chi connectivity index (χ1) is 14.0. The van der Waals surface area contributed by atoms with Gasteiger partial charge in [0.1, 0.15) is 0 Å². The Morgan fingerprint density at radius 1 is 1.14 bits per heavy atom. The van der Waals surface area contributed by atoms with Gasteiger partial charge in [0.2, 0.25) is 5.91 Å². The van der Waals surface area contributed by atoms with Crippen LogP contribution in [0.1, 0.15) is 15.9 Å². The van der Waals surface area contributed by atoms with E-state index in [-0.39, 0.29) is 17.9 Å². The topological polar surface area (TPSA) is 62.7 Å². The monoisotopic (exact) mass is 387 g/mol. The molecule has 1 saturated heterocycles. The number of aromatic nitrogens is 1. The minimum Gasteiger partial charge on any atom is -0.378 e. The lowest BCUT2D eigenvalue weighted by Crippen LogP contribution is -2.54. The number of likely N-dealkylation sites (N-methyl/N-ethyl adjacent to an activating group) is 1. The average molecular weight is 387 g/mol. The van der Waals surface area contributed by atoms with E-state index in [9.17, 15) is 9.59 Å². The summed E-state index contributed by atoms with van der Waals surface area (Å²) in [4.78, 5) is 32.7. The molecule has 0 atom stereocenters. The summed E-state index contributed by atoms with van der Waals surface area (Å²) in [5.74, 6) is 0.118. The van der Waals surface area contributed by atoms with Gasteiger partial charge < -0.3 is 14.5 Å². The second-order valence-electron chi connectivity index (χ2n) is 7.66. The maximum absolute atomic E-state index is 12.8. The number of rotatable bonds is 3. The van der Waals surface area contributed by atoms with Crippen LogP contribution in [0.2, 0.25) is 0 Å². The zero-order valence-corrected chi connectivity index (χ0v) is 16.4. The second-order valence-corrected chi connectivity index (χ2v) is 7.66. The van der Waals surface area contributed by atoms with Crippen LogP contribution < -0.4 is 4.90 Å². The first kappa shape index (κ1) is 17.8. The molecule has 0 aliphatic carbocycles. The number of likely N-dealkylation sites (tertiary alicyclic amines) is 1. The van der Waals surface area contributed by atoms with Crippen LogP contribution in [0.4, 0.5) is 5.69 Å². The predicted octanol–water partition coefficient (Wildman–Crippen LogP) is 2.89. The van der Waals surface area contributed by atoms with Crippen LogP contribution >= 0.6 is 0 Å². The van der Waals surface area contributed by atoms with E-state index in [0.29, 0.717) is 25.1 Å². The molecule has 0 unspecified atom stereocenters. The number of carbonyl (C=O) groups excluding carboxylic acids is 2. The quantitative estimate of drug-likeness (QED) is 0.693. The van der Waals surface area contributed by atoms with Crippen molar-refractivity contribution in [2.75, 3.05) is 32.1 Å². The lowest BCUT2D eigenvalue weighted by Gasteiger charge is -2.38. The number of hydrogen-bond donors (Lipinski definition) is 0. The van der Waals surface area contributed by atoms with Crippen molar-refractivity contribution in [3.63, 3.8) is 0 Å². The van der Waals surface area contributed by atoms with E-state index < -0.39 is 0 Å². The van der Waals surface area contributed by atoms with Gasteiger partial charge in [-0.05, 0) is 34.7 Å². The maximum atomic E-state index is 12.8. The molecule has 2 aromatic carbocycles. The first-order valence-corrected chi connectivity index (χ1v) is 9.65. The minimum atomic E-state index is 0.0160. The Balaban J connectivity index is 1.55. The van der Waals surface area contributed by atoms with Crippen molar-refractivity contribution >= 4 is 28.3 Å². The highest BCUT2D eigenvalue weighted by atomic mass is 16.5. The van der Waals surface area contributed by atoms with E-state index in [0.717, 1.165) is 33.2 Å². The van der Waals surface area contributed by atoms with Crippen molar-refractivity contribution in [3.05, 3.63) is 59.9 Å². The van der Waals surface area contributed by atoms with Gasteiger partial charge >= 0.3 is 0 Å². The molecule has 0 spiro atoms. The molecule has 146 valence electrons. The summed E-state index contributed by atoms with van der Waals surface area (Å²) >= 11 is 0. The van der Waals surface area contributed by atoms with Gasteiger partial charge in [0.25, 0.3) is 5.91 Å². The Bertz CT molecular complexity index is 1150. The zero-order valence-electron chi connectivity index (χ0n) is 16.4. The molecule has 1 fully saturated rings. The molecule has 5 rings (SSSR count). The Kier molecular flexibility index (Phi) is 4.10. The number of benzene rings is 2. The molecular formula is C23H21N3O3. The highest BCUT2D eigenvalue weighted by molar-refractivity contribution is 6.05. The number of nitrogens with zero attached hydrogens (tertiary/aromatic N) is 3. The molecule has 29 heavy (non-hydrogen) atoms. The van der Waals surface area contributed by atoms with Crippen LogP contribution in [0, 0.1) is 0 Å². The molecule has 0 saturated carbocycles. The van der Waals surface area contributed by atoms with Crippen LogP contribution in [0.15, 0.2) is 48.8 Å². The van der Waals surface area contributed by atoms with Crippen molar-refractivity contribution in [2.45, 2.75) is 12.5 Å². The fourth-order valence-corrected chi connectivity index (χ4v) is 4.07. The summed E-state index contributed by atoms with van der Waals surface area (Å²) in [6, 6.07) is 11.8. The maximum Gasteiger partial charge on any atom is 0.254 e. The Labute approximate surface area is 168 Å². The van der Waals surface area contributed by atoms with Crippen LogP contribution in [-0.2, 0) is 16.0 Å². The van der Waals surface area contributed by atoms with Gasteiger partial charge in [-0.1, -0.05) is 18.2 Å². The van der Waals surface area contributed by atoms with E-state index in [1.165, 1.54) is 0 Å². The Hall–Kier alpha value is -3.25. The molecule has 3 heterocycles. The molecule has 2 aliphatic rings. The van der Waals surface area contributed by atoms with Gasteiger partial charge in [0.15, 0.2) is 0 Å². The largest absolute Gasteiger partial charge is 0.378 e. The van der Waals surface area contributed by atoms with E-state index in [1.54, 1.807) is 30.2 Å². The summed E-state index contributed by atoms with van der Waals surface area (Å²) in [5.41, 5.74) is 4.56. The van der Waals surface area contributed by atoms with E-state index in [2.05, 4.69) is 4.98 Å². The summed E-state index contributed by atoms with van der Waals surface area (Å²) in [5, 5.41) is 1.95. The fourth-order valence-electron chi connectivity index (χ4n) is 4.07. The molecule has 2 amide bonds. The number of amides is 2. The lowest BCUT2D eigenvalue weighted by molar-refractivity contribution is -0.117. The van der Waals surface area contributed by atoms with Crippen LogP contribution in [0.5, 0.6) is 0 Å². The molecule has 2 aliphatic heterocycles. The number of ether oxygens (including phenoxy) is 1. The van der Waals surface area contributed by atoms with Gasteiger partial charge in [-0.25, -0.2) is 0 Å². The normalized spacial score (nSPS) is 16.3. The van der Waals surface area contributed by atoms with E-state index in [4.69, 9.17) is 4.74 Å². The van der Waals surface area contributed by atoms with E-state index >= 15 is 0 Å². The molecule has 0 N–H and O–H groups in total. The Morgan fingerprint density at radius 3 is 2.76 bits per heavy atom. The molecule has 1 aromatic heterocycles. The third-order valence-electron chi connectivity index (χ3n) is 5.95. The highest BCUT2D eigenvalue weighted by Crippen LogP contribution is 2.35. The lowest BCUT2D eigenvalue weighted by atomic mass is 9.97. The first-order valence-electron chi connectivity index (χ1n) is 9.65. The third kappa shape index (κ3) is 2.87. The summed E-state index contributed by atoms with van der Waals surface area (Å²) < 4.78 is 5.27. The summed E-state index contributed by atoms with van der Waals surface area (Å²) in [7, 11) is 3.47. The highest BCUT2D eigenvalue weighted by Gasteiger charge is 2.31. The second kappa shape index (κ2) is 6.67. The molecule has 6 heteroatoms. The molecule has 0 bridgehead atoms. The van der Waals surface area contributed by atoms with Crippen LogP contribution in [0.3, 0.4) is 0 Å². The van der Waals surface area contributed by atoms with Crippen molar-refractivity contribution in [1.29, 1.82) is 0 Å². The fraction of sp³-hybridized carbons (Fsp3) is 0.261. The van der Waals surface area contributed by atoms with Gasteiger partial charge in [-0.2, -0.15) is 0 Å². The third-order valence-corrected chi connectivity index (χ3v) is 5.95. The number of anilines is 1. The van der Waals surface area contributed by atoms with Crippen LogP contribution in [-0.4, -0.2) is 55.0 Å². The predicted molar refractivity (Wildman–Crippen MR) is 111 cm³/mol. The van der Waals surface area contributed by atoms with E-state index in [1.807, 2.05) is 42.6 Å². The number of carbonyl (C=O) groups is 2. The summed E-state index contributed by atoms with van der Waals surface area (Å²) in [6.07, 6.45) is 4.20. The van der Waals surface area contributed by atoms with Crippen LogP contribution in [0.25, 0.3) is 21.9 Å². The van der Waals surface area contributed by atoms with Gasteiger partial charge in [-0.3, -0.25) is 14.6 Å².